The minimum absolute atomic E-state index is 0.233. The smallest absolute Gasteiger partial charge is 0.401 e. The molecule has 142 valence electrons. The summed E-state index contributed by atoms with van der Waals surface area (Å²) in [5, 5.41) is 3.16. The van der Waals surface area contributed by atoms with E-state index in [0.717, 1.165) is 11.3 Å². The summed E-state index contributed by atoms with van der Waals surface area (Å²) < 4.78 is 42.4. The van der Waals surface area contributed by atoms with Gasteiger partial charge >= 0.3 is 6.18 Å². The SMILES string of the molecule is CCNC(=NCCN(C)CC(F)(F)F)N(C)Cc1ccccc1OC. The van der Waals surface area contributed by atoms with E-state index in [2.05, 4.69) is 10.3 Å². The average molecular weight is 360 g/mol. The van der Waals surface area contributed by atoms with Crippen molar-refractivity contribution in [1.82, 2.24) is 15.1 Å². The van der Waals surface area contributed by atoms with Gasteiger partial charge in [-0.3, -0.25) is 9.89 Å². The molecule has 1 aromatic rings. The van der Waals surface area contributed by atoms with Gasteiger partial charge in [-0.25, -0.2) is 0 Å². The molecule has 0 aliphatic heterocycles. The monoisotopic (exact) mass is 360 g/mol. The molecule has 0 fully saturated rings. The molecule has 5 nitrogen and oxygen atoms in total. The first-order valence-electron chi connectivity index (χ1n) is 8.13. The van der Waals surface area contributed by atoms with E-state index in [0.29, 0.717) is 19.0 Å². The molecule has 1 rings (SSSR count). The van der Waals surface area contributed by atoms with Crippen molar-refractivity contribution in [3.05, 3.63) is 29.8 Å². The van der Waals surface area contributed by atoms with E-state index in [1.165, 1.54) is 11.9 Å². The Hall–Kier alpha value is -1.96. The van der Waals surface area contributed by atoms with Crippen LogP contribution in [0.15, 0.2) is 29.3 Å². The zero-order valence-electron chi connectivity index (χ0n) is 15.2. The molecule has 0 bridgehead atoms. The normalized spacial score (nSPS) is 12.4. The molecule has 0 unspecified atom stereocenters. The topological polar surface area (TPSA) is 40.1 Å². The average Bonchev–Trinajstić information content (AvgIpc) is 2.52. The molecule has 0 radical (unpaired) electrons. The van der Waals surface area contributed by atoms with Gasteiger partial charge in [0.05, 0.1) is 20.2 Å². The number of para-hydroxylation sites is 1. The van der Waals surface area contributed by atoms with Crippen molar-refractivity contribution in [2.75, 3.05) is 47.4 Å². The van der Waals surface area contributed by atoms with E-state index in [1.54, 1.807) is 7.11 Å². The maximum Gasteiger partial charge on any atom is 0.401 e. The quantitative estimate of drug-likeness (QED) is 0.571. The van der Waals surface area contributed by atoms with E-state index < -0.39 is 12.7 Å². The highest BCUT2D eigenvalue weighted by molar-refractivity contribution is 5.79. The fourth-order valence-corrected chi connectivity index (χ4v) is 2.35. The number of halogens is 3. The number of hydrogen-bond acceptors (Lipinski definition) is 3. The minimum atomic E-state index is -4.19. The van der Waals surface area contributed by atoms with Gasteiger partial charge in [-0.1, -0.05) is 18.2 Å². The zero-order valence-corrected chi connectivity index (χ0v) is 15.2. The van der Waals surface area contributed by atoms with Crippen molar-refractivity contribution < 1.29 is 17.9 Å². The summed E-state index contributed by atoms with van der Waals surface area (Å²) in [6, 6.07) is 7.69. The van der Waals surface area contributed by atoms with E-state index in [9.17, 15) is 13.2 Å². The highest BCUT2D eigenvalue weighted by Gasteiger charge is 2.28. The van der Waals surface area contributed by atoms with Crippen LogP contribution in [0, 0.1) is 0 Å². The number of methoxy groups -OCH3 is 1. The van der Waals surface area contributed by atoms with Crippen molar-refractivity contribution in [3.63, 3.8) is 0 Å². The van der Waals surface area contributed by atoms with Crippen LogP contribution in [-0.4, -0.2) is 69.3 Å². The number of guanidine groups is 1. The molecule has 0 spiro atoms. The fourth-order valence-electron chi connectivity index (χ4n) is 2.35. The van der Waals surface area contributed by atoms with Gasteiger partial charge in [-0.05, 0) is 20.0 Å². The Bertz CT molecular complexity index is 549. The lowest BCUT2D eigenvalue weighted by Crippen LogP contribution is -2.39. The van der Waals surface area contributed by atoms with Gasteiger partial charge in [0, 0.05) is 32.2 Å². The highest BCUT2D eigenvalue weighted by Crippen LogP contribution is 2.18. The number of rotatable bonds is 8. The Morgan fingerprint density at radius 1 is 1.24 bits per heavy atom. The molecule has 0 aromatic heterocycles. The third kappa shape index (κ3) is 8.11. The van der Waals surface area contributed by atoms with Crippen molar-refractivity contribution in [3.8, 4) is 5.75 Å². The number of aliphatic imine (C=N–C) groups is 1. The predicted octanol–water partition coefficient (Wildman–Crippen LogP) is 2.59. The van der Waals surface area contributed by atoms with Gasteiger partial charge in [0.25, 0.3) is 0 Å². The molecule has 0 atom stereocenters. The summed E-state index contributed by atoms with van der Waals surface area (Å²) in [6.07, 6.45) is -4.19. The first-order chi connectivity index (χ1) is 11.8. The molecular weight excluding hydrogens is 333 g/mol. The second-order valence-electron chi connectivity index (χ2n) is 5.76. The third-order valence-electron chi connectivity index (χ3n) is 3.49. The number of nitrogens with zero attached hydrogens (tertiary/aromatic N) is 3. The van der Waals surface area contributed by atoms with Crippen LogP contribution in [0.3, 0.4) is 0 Å². The van der Waals surface area contributed by atoms with Crippen molar-refractivity contribution in [2.45, 2.75) is 19.6 Å². The summed E-state index contributed by atoms with van der Waals surface area (Å²) in [5.41, 5.74) is 1.01. The summed E-state index contributed by atoms with van der Waals surface area (Å²) >= 11 is 0. The summed E-state index contributed by atoms with van der Waals surface area (Å²) in [5.74, 6) is 1.43. The lowest BCUT2D eigenvalue weighted by Gasteiger charge is -2.23. The van der Waals surface area contributed by atoms with Crippen LogP contribution < -0.4 is 10.1 Å². The van der Waals surface area contributed by atoms with E-state index in [1.807, 2.05) is 43.1 Å². The highest BCUT2D eigenvalue weighted by atomic mass is 19.4. The number of alkyl halides is 3. The zero-order chi connectivity index (χ0) is 18.9. The molecule has 0 saturated heterocycles. The van der Waals surface area contributed by atoms with Crippen LogP contribution in [0.2, 0.25) is 0 Å². The van der Waals surface area contributed by atoms with Gasteiger partial charge in [0.1, 0.15) is 5.75 Å². The van der Waals surface area contributed by atoms with Crippen molar-refractivity contribution >= 4 is 5.96 Å². The summed E-state index contributed by atoms with van der Waals surface area (Å²) in [4.78, 5) is 7.55. The van der Waals surface area contributed by atoms with Crippen molar-refractivity contribution in [2.24, 2.45) is 4.99 Å². The minimum Gasteiger partial charge on any atom is -0.496 e. The molecule has 0 amide bonds. The van der Waals surface area contributed by atoms with Crippen molar-refractivity contribution in [1.29, 1.82) is 0 Å². The van der Waals surface area contributed by atoms with E-state index in [4.69, 9.17) is 4.74 Å². The Morgan fingerprint density at radius 2 is 1.92 bits per heavy atom. The van der Waals surface area contributed by atoms with E-state index in [-0.39, 0.29) is 13.1 Å². The predicted molar refractivity (Wildman–Crippen MR) is 94.0 cm³/mol. The number of likely N-dealkylation sites (N-methyl/N-ethyl adjacent to an activating group) is 1. The molecule has 1 aromatic carbocycles. The maximum atomic E-state index is 12.3. The third-order valence-corrected chi connectivity index (χ3v) is 3.49. The number of hydrogen-bond donors (Lipinski definition) is 1. The van der Waals surface area contributed by atoms with Crippen LogP contribution in [0.5, 0.6) is 5.75 Å². The van der Waals surface area contributed by atoms with Gasteiger partial charge in [-0.15, -0.1) is 0 Å². The Balaban J connectivity index is 2.67. The second-order valence-corrected chi connectivity index (χ2v) is 5.76. The fraction of sp³-hybridized carbons (Fsp3) is 0.588. The second kappa shape index (κ2) is 10.1. The number of nitrogens with one attached hydrogen (secondary N) is 1. The van der Waals surface area contributed by atoms with Gasteiger partial charge in [-0.2, -0.15) is 13.2 Å². The standard InChI is InChI=1S/C17H27F3N4O/c1-5-21-16(22-10-11-23(2)13-17(18,19)20)24(3)12-14-8-6-7-9-15(14)25-4/h6-9H,5,10-13H2,1-4H3,(H,21,22). The Labute approximate surface area is 147 Å². The molecule has 25 heavy (non-hydrogen) atoms. The first-order valence-corrected chi connectivity index (χ1v) is 8.13. The van der Waals surface area contributed by atoms with Crippen LogP contribution in [0.4, 0.5) is 13.2 Å². The van der Waals surface area contributed by atoms with Crippen LogP contribution >= 0.6 is 0 Å². The van der Waals surface area contributed by atoms with Gasteiger partial charge < -0.3 is 15.0 Å². The molecule has 0 aliphatic carbocycles. The number of benzene rings is 1. The lowest BCUT2D eigenvalue weighted by molar-refractivity contribution is -0.142. The lowest BCUT2D eigenvalue weighted by atomic mass is 10.2. The molecule has 1 N–H and O–H groups in total. The molecule has 0 heterocycles. The maximum absolute atomic E-state index is 12.3. The molecule has 0 saturated carbocycles. The first kappa shape index (κ1) is 21.1. The van der Waals surface area contributed by atoms with Gasteiger partial charge in [0.15, 0.2) is 5.96 Å². The molecule has 0 aliphatic rings. The number of ether oxygens (including phenoxy) is 1. The van der Waals surface area contributed by atoms with Crippen LogP contribution in [-0.2, 0) is 6.54 Å². The summed E-state index contributed by atoms with van der Waals surface area (Å²) in [6.45, 7) is 2.78. The van der Waals surface area contributed by atoms with Crippen LogP contribution in [0.1, 0.15) is 12.5 Å². The summed E-state index contributed by atoms with van der Waals surface area (Å²) in [7, 11) is 4.94. The Kier molecular flexibility index (Phi) is 8.54. The van der Waals surface area contributed by atoms with E-state index >= 15 is 0 Å². The molecule has 8 heteroatoms. The largest absolute Gasteiger partial charge is 0.496 e. The Morgan fingerprint density at radius 3 is 2.52 bits per heavy atom. The molecular formula is C17H27F3N4O. The van der Waals surface area contributed by atoms with Crippen LogP contribution in [0.25, 0.3) is 0 Å². The van der Waals surface area contributed by atoms with Gasteiger partial charge in [0.2, 0.25) is 0 Å².